The summed E-state index contributed by atoms with van der Waals surface area (Å²) in [5.74, 6) is 0. The lowest BCUT2D eigenvalue weighted by molar-refractivity contribution is 0.498. The summed E-state index contributed by atoms with van der Waals surface area (Å²) in [4.78, 5) is 3.27. The summed E-state index contributed by atoms with van der Waals surface area (Å²) >= 11 is 0. The van der Waals surface area contributed by atoms with Crippen LogP contribution >= 0.6 is 0 Å². The molecule has 20 heavy (non-hydrogen) atoms. The topological polar surface area (TPSA) is 65.2 Å². The summed E-state index contributed by atoms with van der Waals surface area (Å²) in [7, 11) is -0.292. The van der Waals surface area contributed by atoms with E-state index in [0.717, 1.165) is 18.4 Å². The molecule has 1 fully saturated rings. The molecule has 0 bridgehead atoms. The SMILES string of the molecule is CN(C)S(=O)(=O)NCC1(c2c[nH]c3ccccc23)CC1. The third kappa shape index (κ3) is 2.24. The van der Waals surface area contributed by atoms with Gasteiger partial charge in [-0.05, 0) is 24.5 Å². The molecule has 6 heteroatoms. The Kier molecular flexibility index (Phi) is 3.12. The van der Waals surface area contributed by atoms with Crippen molar-refractivity contribution in [2.75, 3.05) is 20.6 Å². The van der Waals surface area contributed by atoms with Gasteiger partial charge in [0, 0.05) is 43.2 Å². The van der Waals surface area contributed by atoms with Crippen molar-refractivity contribution in [1.29, 1.82) is 0 Å². The third-order valence-electron chi connectivity index (χ3n) is 4.09. The number of nitrogens with one attached hydrogen (secondary N) is 2. The molecule has 1 heterocycles. The quantitative estimate of drug-likeness (QED) is 0.879. The van der Waals surface area contributed by atoms with Crippen LogP contribution in [0.15, 0.2) is 30.5 Å². The Balaban J connectivity index is 1.87. The number of benzene rings is 1. The minimum absolute atomic E-state index is 0.0529. The first-order chi connectivity index (χ1) is 9.45. The van der Waals surface area contributed by atoms with Crippen molar-refractivity contribution in [3.63, 3.8) is 0 Å². The fourth-order valence-electron chi connectivity index (χ4n) is 2.56. The van der Waals surface area contributed by atoms with Crippen molar-refractivity contribution in [3.8, 4) is 0 Å². The van der Waals surface area contributed by atoms with Gasteiger partial charge in [-0.3, -0.25) is 0 Å². The normalized spacial score (nSPS) is 17.8. The number of aromatic nitrogens is 1. The van der Waals surface area contributed by atoms with Gasteiger partial charge in [0.25, 0.3) is 10.2 Å². The highest BCUT2D eigenvalue weighted by Crippen LogP contribution is 2.50. The maximum absolute atomic E-state index is 11.8. The van der Waals surface area contributed by atoms with Gasteiger partial charge in [0.2, 0.25) is 0 Å². The van der Waals surface area contributed by atoms with Gasteiger partial charge < -0.3 is 4.98 Å². The van der Waals surface area contributed by atoms with Crippen LogP contribution in [-0.4, -0.2) is 38.3 Å². The molecule has 0 radical (unpaired) electrons. The van der Waals surface area contributed by atoms with E-state index < -0.39 is 10.2 Å². The molecule has 1 aliphatic rings. The Labute approximate surface area is 119 Å². The number of fused-ring (bicyclic) bond motifs is 1. The highest BCUT2D eigenvalue weighted by atomic mass is 32.2. The van der Waals surface area contributed by atoms with E-state index >= 15 is 0 Å². The molecular formula is C14H19N3O2S. The molecule has 1 aromatic heterocycles. The van der Waals surface area contributed by atoms with Gasteiger partial charge in [0.15, 0.2) is 0 Å². The Hall–Kier alpha value is -1.37. The van der Waals surface area contributed by atoms with E-state index in [1.54, 1.807) is 0 Å². The number of H-pyrrole nitrogens is 1. The lowest BCUT2D eigenvalue weighted by Crippen LogP contribution is -2.39. The molecule has 1 aliphatic carbocycles. The third-order valence-corrected chi connectivity index (χ3v) is 5.56. The lowest BCUT2D eigenvalue weighted by Gasteiger charge is -2.18. The Morgan fingerprint density at radius 3 is 2.65 bits per heavy atom. The first-order valence-electron chi connectivity index (χ1n) is 6.68. The highest BCUT2D eigenvalue weighted by Gasteiger charge is 2.46. The van der Waals surface area contributed by atoms with E-state index in [9.17, 15) is 8.42 Å². The molecule has 1 aromatic carbocycles. The van der Waals surface area contributed by atoms with E-state index in [-0.39, 0.29) is 5.41 Å². The van der Waals surface area contributed by atoms with E-state index in [2.05, 4.69) is 15.8 Å². The fourth-order valence-corrected chi connectivity index (χ4v) is 3.28. The molecule has 0 unspecified atom stereocenters. The smallest absolute Gasteiger partial charge is 0.278 e. The largest absolute Gasteiger partial charge is 0.361 e. The van der Waals surface area contributed by atoms with E-state index in [1.165, 1.54) is 29.4 Å². The number of nitrogens with zero attached hydrogens (tertiary/aromatic N) is 1. The van der Waals surface area contributed by atoms with Gasteiger partial charge in [-0.15, -0.1) is 0 Å². The van der Waals surface area contributed by atoms with Gasteiger partial charge in [0.05, 0.1) is 0 Å². The van der Waals surface area contributed by atoms with Crippen LogP contribution in [0.25, 0.3) is 10.9 Å². The molecule has 0 amide bonds. The fraction of sp³-hybridized carbons (Fsp3) is 0.429. The zero-order chi connectivity index (χ0) is 14.4. The number of hydrogen-bond donors (Lipinski definition) is 2. The summed E-state index contributed by atoms with van der Waals surface area (Å²) in [6, 6.07) is 8.14. The molecule has 3 rings (SSSR count). The lowest BCUT2D eigenvalue weighted by atomic mass is 9.96. The van der Waals surface area contributed by atoms with Crippen LogP contribution in [-0.2, 0) is 15.6 Å². The van der Waals surface area contributed by atoms with Gasteiger partial charge >= 0.3 is 0 Å². The van der Waals surface area contributed by atoms with Crippen LogP contribution in [0.3, 0.4) is 0 Å². The molecular weight excluding hydrogens is 274 g/mol. The molecule has 0 atom stereocenters. The summed E-state index contributed by atoms with van der Waals surface area (Å²) in [5.41, 5.74) is 2.27. The predicted molar refractivity (Wildman–Crippen MR) is 79.8 cm³/mol. The van der Waals surface area contributed by atoms with Crippen LogP contribution in [0.1, 0.15) is 18.4 Å². The number of aromatic amines is 1. The van der Waals surface area contributed by atoms with Crippen molar-refractivity contribution < 1.29 is 8.42 Å². The minimum atomic E-state index is -3.36. The first-order valence-corrected chi connectivity index (χ1v) is 8.12. The average molecular weight is 293 g/mol. The number of hydrogen-bond acceptors (Lipinski definition) is 2. The molecule has 2 aromatic rings. The van der Waals surface area contributed by atoms with Gasteiger partial charge in [-0.25, -0.2) is 4.72 Å². The average Bonchev–Trinajstić information content (AvgIpc) is 3.08. The van der Waals surface area contributed by atoms with Crippen molar-refractivity contribution in [2.45, 2.75) is 18.3 Å². The minimum Gasteiger partial charge on any atom is -0.361 e. The van der Waals surface area contributed by atoms with E-state index in [0.29, 0.717) is 6.54 Å². The Morgan fingerprint density at radius 1 is 1.30 bits per heavy atom. The summed E-state index contributed by atoms with van der Waals surface area (Å²) in [6.07, 6.45) is 4.05. The van der Waals surface area contributed by atoms with Crippen LogP contribution in [0.2, 0.25) is 0 Å². The number of para-hydroxylation sites is 1. The van der Waals surface area contributed by atoms with Crippen molar-refractivity contribution in [1.82, 2.24) is 14.0 Å². The predicted octanol–water partition coefficient (Wildman–Crippen LogP) is 1.60. The number of rotatable bonds is 5. The maximum Gasteiger partial charge on any atom is 0.278 e. The van der Waals surface area contributed by atoms with Crippen LogP contribution < -0.4 is 4.72 Å². The van der Waals surface area contributed by atoms with Gasteiger partial charge in [-0.1, -0.05) is 18.2 Å². The molecule has 0 aliphatic heterocycles. The monoisotopic (exact) mass is 293 g/mol. The van der Waals surface area contributed by atoms with E-state index in [1.807, 2.05) is 24.4 Å². The van der Waals surface area contributed by atoms with Crippen LogP contribution in [0.4, 0.5) is 0 Å². The van der Waals surface area contributed by atoms with Gasteiger partial charge in [-0.2, -0.15) is 12.7 Å². The highest BCUT2D eigenvalue weighted by molar-refractivity contribution is 7.87. The second kappa shape index (κ2) is 4.58. The zero-order valence-corrected chi connectivity index (χ0v) is 12.5. The Bertz CT molecular complexity index is 730. The van der Waals surface area contributed by atoms with Crippen LogP contribution in [0, 0.1) is 0 Å². The zero-order valence-electron chi connectivity index (χ0n) is 11.7. The van der Waals surface area contributed by atoms with Crippen LogP contribution in [0.5, 0.6) is 0 Å². The summed E-state index contributed by atoms with van der Waals surface area (Å²) < 4.78 is 27.6. The molecule has 0 spiro atoms. The summed E-state index contributed by atoms with van der Waals surface area (Å²) in [5, 5.41) is 1.19. The second-order valence-corrected chi connectivity index (χ2v) is 7.61. The van der Waals surface area contributed by atoms with Crippen molar-refractivity contribution in [2.24, 2.45) is 0 Å². The standard InChI is InChI=1S/C14H19N3O2S/c1-17(2)20(18,19)16-10-14(7-8-14)12-9-15-13-6-4-3-5-11(12)13/h3-6,9,15-16H,7-8,10H2,1-2H3. The molecule has 2 N–H and O–H groups in total. The Morgan fingerprint density at radius 2 is 2.00 bits per heavy atom. The van der Waals surface area contributed by atoms with E-state index in [4.69, 9.17) is 0 Å². The van der Waals surface area contributed by atoms with Crippen molar-refractivity contribution in [3.05, 3.63) is 36.0 Å². The van der Waals surface area contributed by atoms with Gasteiger partial charge in [0.1, 0.15) is 0 Å². The summed E-state index contributed by atoms with van der Waals surface area (Å²) in [6.45, 7) is 0.454. The molecule has 1 saturated carbocycles. The molecule has 5 nitrogen and oxygen atoms in total. The van der Waals surface area contributed by atoms with Crippen molar-refractivity contribution >= 4 is 21.1 Å². The molecule has 0 saturated heterocycles. The molecule has 108 valence electrons. The maximum atomic E-state index is 11.8. The second-order valence-electron chi connectivity index (χ2n) is 5.64. The first kappa shape index (κ1) is 13.6.